The molecule has 0 unspecified atom stereocenters. The molecule has 1 amide bonds. The van der Waals surface area contributed by atoms with Crippen molar-refractivity contribution < 1.29 is 9.32 Å². The Hall–Kier alpha value is -2.21. The summed E-state index contributed by atoms with van der Waals surface area (Å²) >= 11 is 0. The number of nitrogens with two attached hydrogens (primary N) is 1. The van der Waals surface area contributed by atoms with Gasteiger partial charge in [-0.3, -0.25) is 4.79 Å². The van der Waals surface area contributed by atoms with Crippen molar-refractivity contribution in [2.45, 2.75) is 19.8 Å². The highest BCUT2D eigenvalue weighted by molar-refractivity contribution is 5.95. The van der Waals surface area contributed by atoms with Crippen LogP contribution in [0.1, 0.15) is 27.6 Å². The molecule has 0 aliphatic carbocycles. The Labute approximate surface area is 117 Å². The van der Waals surface area contributed by atoms with Crippen LogP contribution in [-0.4, -0.2) is 29.1 Å². The fraction of sp³-hybridized carbons (Fsp3) is 0.357. The lowest BCUT2D eigenvalue weighted by Crippen LogP contribution is -2.27. The van der Waals surface area contributed by atoms with E-state index in [9.17, 15) is 4.79 Å². The molecule has 2 rings (SSSR count). The van der Waals surface area contributed by atoms with E-state index in [1.165, 1.54) is 0 Å². The third-order valence-electron chi connectivity index (χ3n) is 2.87. The summed E-state index contributed by atoms with van der Waals surface area (Å²) in [5.74, 6) is 1.02. The maximum Gasteiger partial charge on any atom is 0.251 e. The van der Waals surface area contributed by atoms with Gasteiger partial charge in [-0.2, -0.15) is 4.98 Å². The van der Waals surface area contributed by atoms with E-state index in [2.05, 4.69) is 15.5 Å². The summed E-state index contributed by atoms with van der Waals surface area (Å²) < 4.78 is 4.99. The van der Waals surface area contributed by atoms with Crippen LogP contribution in [0.5, 0.6) is 0 Å². The fourth-order valence-electron chi connectivity index (χ4n) is 1.94. The van der Waals surface area contributed by atoms with Gasteiger partial charge in [0.15, 0.2) is 5.82 Å². The van der Waals surface area contributed by atoms with E-state index in [1.807, 2.05) is 18.2 Å². The van der Waals surface area contributed by atoms with Crippen molar-refractivity contribution in [3.05, 3.63) is 47.1 Å². The topological polar surface area (TPSA) is 94.0 Å². The molecule has 6 nitrogen and oxygen atoms in total. The number of nitrogens with one attached hydrogen (secondary N) is 1. The number of nitrogens with zero attached hydrogens (tertiary/aromatic N) is 2. The fourth-order valence-corrected chi connectivity index (χ4v) is 1.94. The third kappa shape index (κ3) is 3.64. The summed E-state index contributed by atoms with van der Waals surface area (Å²) in [5, 5.41) is 6.55. The normalized spacial score (nSPS) is 10.5. The van der Waals surface area contributed by atoms with Gasteiger partial charge < -0.3 is 15.6 Å². The second kappa shape index (κ2) is 6.81. The van der Waals surface area contributed by atoms with Crippen LogP contribution in [0.25, 0.3) is 0 Å². The van der Waals surface area contributed by atoms with Crippen molar-refractivity contribution in [1.29, 1.82) is 0 Å². The second-order valence-corrected chi connectivity index (χ2v) is 4.44. The van der Waals surface area contributed by atoms with Crippen LogP contribution in [0.2, 0.25) is 0 Å². The van der Waals surface area contributed by atoms with Gasteiger partial charge in [0.1, 0.15) is 0 Å². The number of benzene rings is 1. The van der Waals surface area contributed by atoms with Gasteiger partial charge in [0.25, 0.3) is 5.91 Å². The maximum absolute atomic E-state index is 12.1. The molecule has 1 aromatic carbocycles. The predicted octanol–water partition coefficient (Wildman–Crippen LogP) is 0.852. The van der Waals surface area contributed by atoms with E-state index in [1.54, 1.807) is 13.0 Å². The molecule has 0 spiro atoms. The highest BCUT2D eigenvalue weighted by Gasteiger charge is 2.10. The molecule has 20 heavy (non-hydrogen) atoms. The largest absolute Gasteiger partial charge is 0.352 e. The van der Waals surface area contributed by atoms with Crippen molar-refractivity contribution in [1.82, 2.24) is 15.5 Å². The predicted molar refractivity (Wildman–Crippen MR) is 74.3 cm³/mol. The van der Waals surface area contributed by atoms with E-state index in [4.69, 9.17) is 10.3 Å². The number of amides is 1. The summed E-state index contributed by atoms with van der Waals surface area (Å²) in [6.07, 6.45) is 1.21. The molecule has 6 heteroatoms. The molecule has 106 valence electrons. The Morgan fingerprint density at radius 3 is 2.85 bits per heavy atom. The minimum Gasteiger partial charge on any atom is -0.352 e. The molecule has 2 aromatic rings. The minimum absolute atomic E-state index is 0.106. The lowest BCUT2D eigenvalue weighted by atomic mass is 10.0. The van der Waals surface area contributed by atoms with Gasteiger partial charge in [-0.05, 0) is 31.5 Å². The zero-order valence-corrected chi connectivity index (χ0v) is 11.4. The molecule has 0 aliphatic heterocycles. The van der Waals surface area contributed by atoms with Gasteiger partial charge in [0.2, 0.25) is 5.89 Å². The van der Waals surface area contributed by atoms with Crippen LogP contribution in [0.15, 0.2) is 28.8 Å². The van der Waals surface area contributed by atoms with Gasteiger partial charge >= 0.3 is 0 Å². The summed E-state index contributed by atoms with van der Waals surface area (Å²) in [5.41, 5.74) is 7.17. The van der Waals surface area contributed by atoms with Crippen LogP contribution >= 0.6 is 0 Å². The van der Waals surface area contributed by atoms with Crippen molar-refractivity contribution >= 4 is 5.91 Å². The molecule has 1 aromatic heterocycles. The molecule has 1 heterocycles. The average Bonchev–Trinajstić information content (AvgIpc) is 2.85. The SMILES string of the molecule is Cc1noc(CCNC(=O)c2ccccc2CCN)n1. The molecule has 0 radical (unpaired) electrons. The number of carbonyl (C=O) groups excluding carboxylic acids is 1. The van der Waals surface area contributed by atoms with Crippen LogP contribution < -0.4 is 11.1 Å². The number of rotatable bonds is 6. The van der Waals surface area contributed by atoms with E-state index in [-0.39, 0.29) is 5.91 Å². The molecule has 0 atom stereocenters. The zero-order valence-electron chi connectivity index (χ0n) is 11.4. The van der Waals surface area contributed by atoms with Crippen LogP contribution in [0.3, 0.4) is 0 Å². The third-order valence-corrected chi connectivity index (χ3v) is 2.87. The number of carbonyl (C=O) groups is 1. The van der Waals surface area contributed by atoms with Crippen LogP contribution in [0.4, 0.5) is 0 Å². The van der Waals surface area contributed by atoms with Gasteiger partial charge in [0, 0.05) is 18.5 Å². The summed E-state index contributed by atoms with van der Waals surface area (Å²) in [6.45, 7) is 2.73. The molecule has 0 fully saturated rings. The van der Waals surface area contributed by atoms with E-state index in [0.29, 0.717) is 43.2 Å². The number of hydrogen-bond donors (Lipinski definition) is 2. The Morgan fingerprint density at radius 2 is 2.15 bits per heavy atom. The zero-order chi connectivity index (χ0) is 14.4. The smallest absolute Gasteiger partial charge is 0.251 e. The van der Waals surface area contributed by atoms with Crippen molar-refractivity contribution in [2.75, 3.05) is 13.1 Å². The second-order valence-electron chi connectivity index (χ2n) is 4.44. The highest BCUT2D eigenvalue weighted by Crippen LogP contribution is 2.09. The van der Waals surface area contributed by atoms with Crippen LogP contribution in [0, 0.1) is 6.92 Å². The Morgan fingerprint density at radius 1 is 1.35 bits per heavy atom. The molecule has 0 aliphatic rings. The van der Waals surface area contributed by atoms with E-state index in [0.717, 1.165) is 5.56 Å². The average molecular weight is 274 g/mol. The molecule has 0 saturated carbocycles. The monoisotopic (exact) mass is 274 g/mol. The summed E-state index contributed by atoms with van der Waals surface area (Å²) in [7, 11) is 0. The molecule has 0 saturated heterocycles. The lowest BCUT2D eigenvalue weighted by Gasteiger charge is -2.08. The minimum atomic E-state index is -0.106. The summed E-state index contributed by atoms with van der Waals surface area (Å²) in [6, 6.07) is 7.47. The number of hydrogen-bond acceptors (Lipinski definition) is 5. The first-order valence-corrected chi connectivity index (χ1v) is 6.56. The first-order chi connectivity index (χ1) is 9.70. The summed E-state index contributed by atoms with van der Waals surface area (Å²) in [4.78, 5) is 16.2. The first-order valence-electron chi connectivity index (χ1n) is 6.56. The number of aromatic nitrogens is 2. The van der Waals surface area contributed by atoms with Gasteiger partial charge in [-0.15, -0.1) is 0 Å². The quantitative estimate of drug-likeness (QED) is 0.814. The lowest BCUT2D eigenvalue weighted by molar-refractivity contribution is 0.0952. The molecular formula is C14H18N4O2. The van der Waals surface area contributed by atoms with Gasteiger partial charge in [0.05, 0.1) is 0 Å². The van der Waals surface area contributed by atoms with Crippen molar-refractivity contribution in [2.24, 2.45) is 5.73 Å². The van der Waals surface area contributed by atoms with Gasteiger partial charge in [-0.25, -0.2) is 0 Å². The van der Waals surface area contributed by atoms with E-state index >= 15 is 0 Å². The van der Waals surface area contributed by atoms with Crippen molar-refractivity contribution in [3.8, 4) is 0 Å². The van der Waals surface area contributed by atoms with Crippen molar-refractivity contribution in [3.63, 3.8) is 0 Å². The van der Waals surface area contributed by atoms with E-state index < -0.39 is 0 Å². The first kappa shape index (κ1) is 14.2. The Bertz CT molecular complexity index is 580. The van der Waals surface area contributed by atoms with Crippen LogP contribution in [-0.2, 0) is 12.8 Å². The Kier molecular flexibility index (Phi) is 4.84. The molecular weight excluding hydrogens is 256 g/mol. The number of aryl methyl sites for hydroxylation is 1. The maximum atomic E-state index is 12.1. The van der Waals surface area contributed by atoms with Gasteiger partial charge in [-0.1, -0.05) is 23.4 Å². The molecule has 0 bridgehead atoms. The Balaban J connectivity index is 1.91. The standard InChI is InChI=1S/C14H18N4O2/c1-10-17-13(20-18-10)7-9-16-14(19)12-5-3-2-4-11(12)6-8-15/h2-5H,6-9,15H2,1H3,(H,16,19). The molecule has 3 N–H and O–H groups in total. The highest BCUT2D eigenvalue weighted by atomic mass is 16.5.